The first kappa shape index (κ1) is 19.8. The standard InChI is InChI=1S/C22H26N6O2/c1-14(23)27-10-8-17(9-11-27)30-18-6-7-19-20(12-18)28(22(29)26-19)13-15-2-4-16(5-3-15)21(24)25/h2-7,12,17,23H,8-11,13H2,1H3,(H3,24,25)(H,26,29). The minimum atomic E-state index is -0.174. The van der Waals surface area contributed by atoms with E-state index < -0.39 is 0 Å². The largest absolute Gasteiger partial charge is 0.490 e. The van der Waals surface area contributed by atoms with E-state index >= 15 is 0 Å². The second kappa shape index (κ2) is 8.06. The number of nitrogen functional groups attached to an aromatic ring is 1. The lowest BCUT2D eigenvalue weighted by atomic mass is 10.1. The summed E-state index contributed by atoms with van der Waals surface area (Å²) in [6.45, 7) is 3.88. The molecule has 1 saturated heterocycles. The zero-order valence-corrected chi connectivity index (χ0v) is 16.9. The second-order valence-corrected chi connectivity index (χ2v) is 7.70. The molecular formula is C22H26N6O2. The van der Waals surface area contributed by atoms with E-state index in [0.29, 0.717) is 17.9 Å². The molecule has 0 atom stereocenters. The predicted octanol–water partition coefficient (Wildman–Crippen LogP) is 2.50. The summed E-state index contributed by atoms with van der Waals surface area (Å²) >= 11 is 0. The van der Waals surface area contributed by atoms with Gasteiger partial charge in [0.25, 0.3) is 0 Å². The number of piperidine rings is 1. The Bertz CT molecular complexity index is 1140. The first-order valence-electron chi connectivity index (χ1n) is 10.0. The molecule has 0 saturated carbocycles. The molecule has 0 amide bonds. The van der Waals surface area contributed by atoms with Crippen molar-refractivity contribution in [1.82, 2.24) is 14.5 Å². The molecule has 1 aliphatic heterocycles. The van der Waals surface area contributed by atoms with Crippen molar-refractivity contribution in [2.75, 3.05) is 13.1 Å². The fourth-order valence-electron chi connectivity index (χ4n) is 3.84. The van der Waals surface area contributed by atoms with Crippen LogP contribution in [0.3, 0.4) is 0 Å². The van der Waals surface area contributed by atoms with Crippen molar-refractivity contribution in [3.63, 3.8) is 0 Å². The highest BCUT2D eigenvalue weighted by atomic mass is 16.5. The zero-order valence-electron chi connectivity index (χ0n) is 16.9. The van der Waals surface area contributed by atoms with Gasteiger partial charge < -0.3 is 20.4 Å². The Balaban J connectivity index is 1.53. The van der Waals surface area contributed by atoms with E-state index in [0.717, 1.165) is 48.3 Å². The Morgan fingerprint density at radius 2 is 1.87 bits per heavy atom. The summed E-state index contributed by atoms with van der Waals surface area (Å²) in [5.74, 6) is 1.36. The van der Waals surface area contributed by atoms with Crippen LogP contribution in [0.15, 0.2) is 47.3 Å². The summed E-state index contributed by atoms with van der Waals surface area (Å²) in [6, 6.07) is 13.0. The van der Waals surface area contributed by atoms with Gasteiger partial charge >= 0.3 is 5.69 Å². The summed E-state index contributed by atoms with van der Waals surface area (Å²) in [7, 11) is 0. The van der Waals surface area contributed by atoms with Gasteiger partial charge in [0.1, 0.15) is 17.7 Å². The van der Waals surface area contributed by atoms with Crippen LogP contribution in [0.2, 0.25) is 0 Å². The fourth-order valence-corrected chi connectivity index (χ4v) is 3.84. The number of likely N-dealkylation sites (tertiary alicyclic amines) is 1. The molecule has 0 spiro atoms. The lowest BCUT2D eigenvalue weighted by molar-refractivity contribution is 0.130. The average Bonchev–Trinajstić information content (AvgIpc) is 3.03. The van der Waals surface area contributed by atoms with Crippen molar-refractivity contribution in [3.8, 4) is 5.75 Å². The van der Waals surface area contributed by atoms with Crippen LogP contribution in [0.25, 0.3) is 11.0 Å². The van der Waals surface area contributed by atoms with Gasteiger partial charge in [-0.05, 0) is 24.6 Å². The van der Waals surface area contributed by atoms with Crippen molar-refractivity contribution >= 4 is 22.7 Å². The third kappa shape index (κ3) is 4.07. The monoisotopic (exact) mass is 406 g/mol. The molecule has 0 bridgehead atoms. The van der Waals surface area contributed by atoms with Crippen LogP contribution >= 0.6 is 0 Å². The summed E-state index contributed by atoms with van der Waals surface area (Å²) in [6.07, 6.45) is 1.85. The van der Waals surface area contributed by atoms with E-state index in [1.807, 2.05) is 37.3 Å². The molecule has 8 nitrogen and oxygen atoms in total. The SMILES string of the molecule is CC(=N)N1CCC(Oc2ccc3[nH]c(=O)n(Cc4ccc(C(=N)N)cc4)c3c2)CC1. The van der Waals surface area contributed by atoms with Gasteiger partial charge in [-0.15, -0.1) is 0 Å². The number of hydrogen-bond donors (Lipinski definition) is 4. The number of ether oxygens (including phenoxy) is 1. The van der Waals surface area contributed by atoms with Crippen LogP contribution in [0.5, 0.6) is 5.75 Å². The number of nitrogens with zero attached hydrogens (tertiary/aromatic N) is 2. The molecule has 1 aromatic heterocycles. The molecule has 30 heavy (non-hydrogen) atoms. The van der Waals surface area contributed by atoms with Crippen molar-refractivity contribution < 1.29 is 4.74 Å². The molecule has 5 N–H and O–H groups in total. The molecule has 1 fully saturated rings. The third-order valence-electron chi connectivity index (χ3n) is 5.57. The maximum absolute atomic E-state index is 12.5. The zero-order chi connectivity index (χ0) is 21.3. The number of H-pyrrole nitrogens is 1. The maximum atomic E-state index is 12.5. The molecule has 0 unspecified atom stereocenters. The molecule has 3 aromatic rings. The maximum Gasteiger partial charge on any atom is 0.326 e. The van der Waals surface area contributed by atoms with E-state index in [9.17, 15) is 4.79 Å². The van der Waals surface area contributed by atoms with Crippen LogP contribution in [0.1, 0.15) is 30.9 Å². The summed E-state index contributed by atoms with van der Waals surface area (Å²) in [5.41, 5.74) is 8.50. The number of nitrogens with two attached hydrogens (primary N) is 1. The van der Waals surface area contributed by atoms with Gasteiger partial charge in [0.15, 0.2) is 0 Å². The molecule has 4 rings (SSSR count). The van der Waals surface area contributed by atoms with Crippen molar-refractivity contribution in [2.45, 2.75) is 32.4 Å². The van der Waals surface area contributed by atoms with Crippen molar-refractivity contribution in [2.24, 2.45) is 5.73 Å². The number of amidine groups is 2. The summed E-state index contributed by atoms with van der Waals surface area (Å²) in [4.78, 5) is 17.5. The quantitative estimate of drug-likeness (QED) is 0.384. The highest BCUT2D eigenvalue weighted by Crippen LogP contribution is 2.23. The van der Waals surface area contributed by atoms with Crippen LogP contribution < -0.4 is 16.2 Å². The lowest BCUT2D eigenvalue weighted by Crippen LogP contribution is -2.40. The molecule has 156 valence electrons. The topological polar surface area (TPSA) is 124 Å². The Labute approximate surface area is 174 Å². The Kier molecular flexibility index (Phi) is 5.31. The molecule has 2 aromatic carbocycles. The minimum absolute atomic E-state index is 0.0224. The summed E-state index contributed by atoms with van der Waals surface area (Å²) in [5, 5.41) is 15.2. The Morgan fingerprint density at radius 3 is 2.50 bits per heavy atom. The van der Waals surface area contributed by atoms with E-state index in [4.69, 9.17) is 21.3 Å². The molecular weight excluding hydrogens is 380 g/mol. The smallest absolute Gasteiger partial charge is 0.326 e. The Hall–Kier alpha value is -3.55. The van der Waals surface area contributed by atoms with Gasteiger partial charge in [0.05, 0.1) is 23.4 Å². The number of benzene rings is 2. The van der Waals surface area contributed by atoms with Gasteiger partial charge in [0, 0.05) is 37.6 Å². The highest BCUT2D eigenvalue weighted by Gasteiger charge is 2.21. The van der Waals surface area contributed by atoms with Gasteiger partial charge in [0.2, 0.25) is 0 Å². The van der Waals surface area contributed by atoms with Crippen molar-refractivity contribution in [3.05, 3.63) is 64.1 Å². The van der Waals surface area contributed by atoms with E-state index in [1.54, 1.807) is 16.7 Å². The number of fused-ring (bicyclic) bond motifs is 1. The number of imidazole rings is 1. The number of nitrogens with one attached hydrogen (secondary N) is 3. The van der Waals surface area contributed by atoms with Gasteiger partial charge in [-0.1, -0.05) is 24.3 Å². The fraction of sp³-hybridized carbons (Fsp3) is 0.318. The molecule has 1 aliphatic rings. The predicted molar refractivity (Wildman–Crippen MR) is 118 cm³/mol. The summed E-state index contributed by atoms with van der Waals surface area (Å²) < 4.78 is 7.87. The number of aromatic nitrogens is 2. The van der Waals surface area contributed by atoms with Crippen LogP contribution in [-0.4, -0.2) is 45.3 Å². The van der Waals surface area contributed by atoms with Gasteiger partial charge in [-0.3, -0.25) is 15.4 Å². The van der Waals surface area contributed by atoms with E-state index in [-0.39, 0.29) is 17.6 Å². The normalized spacial score (nSPS) is 14.8. The van der Waals surface area contributed by atoms with Crippen LogP contribution in [-0.2, 0) is 6.54 Å². The average molecular weight is 406 g/mol. The van der Waals surface area contributed by atoms with Crippen molar-refractivity contribution in [1.29, 1.82) is 10.8 Å². The number of rotatable bonds is 5. The van der Waals surface area contributed by atoms with Crippen LogP contribution in [0, 0.1) is 10.8 Å². The first-order chi connectivity index (χ1) is 14.4. The van der Waals surface area contributed by atoms with E-state index in [1.165, 1.54) is 0 Å². The molecule has 0 radical (unpaired) electrons. The molecule has 2 heterocycles. The molecule has 0 aliphatic carbocycles. The highest BCUT2D eigenvalue weighted by molar-refractivity contribution is 5.94. The van der Waals surface area contributed by atoms with Gasteiger partial charge in [-0.25, -0.2) is 4.79 Å². The second-order valence-electron chi connectivity index (χ2n) is 7.70. The Morgan fingerprint density at radius 1 is 1.17 bits per heavy atom. The number of hydrogen-bond acceptors (Lipinski definition) is 4. The van der Waals surface area contributed by atoms with Crippen LogP contribution in [0.4, 0.5) is 0 Å². The lowest BCUT2D eigenvalue weighted by Gasteiger charge is -2.32. The minimum Gasteiger partial charge on any atom is -0.490 e. The van der Waals surface area contributed by atoms with Gasteiger partial charge in [-0.2, -0.15) is 0 Å². The molecule has 8 heteroatoms. The number of aromatic amines is 1. The van der Waals surface area contributed by atoms with E-state index in [2.05, 4.69) is 9.88 Å². The first-order valence-corrected chi connectivity index (χ1v) is 10.0. The third-order valence-corrected chi connectivity index (χ3v) is 5.57.